The maximum Gasteiger partial charge on any atom is 0.267 e. The van der Waals surface area contributed by atoms with Crippen LogP contribution in [-0.2, 0) is 9.59 Å². The van der Waals surface area contributed by atoms with Gasteiger partial charge in [-0.05, 0) is 36.4 Å². The lowest BCUT2D eigenvalue weighted by Gasteiger charge is -2.12. The van der Waals surface area contributed by atoms with Gasteiger partial charge in [0, 0.05) is 29.7 Å². The van der Waals surface area contributed by atoms with Crippen molar-refractivity contribution in [1.82, 2.24) is 10.8 Å². The maximum atomic E-state index is 11.2. The summed E-state index contributed by atoms with van der Waals surface area (Å²) in [6, 6.07) is 11.9. The van der Waals surface area contributed by atoms with Gasteiger partial charge < -0.3 is 14.8 Å². The molecule has 0 saturated carbocycles. The highest BCUT2D eigenvalue weighted by molar-refractivity contribution is 6.30. The Morgan fingerprint density at radius 2 is 2.00 bits per heavy atom. The predicted octanol–water partition coefficient (Wildman–Crippen LogP) is 3.17. The summed E-state index contributed by atoms with van der Waals surface area (Å²) in [5, 5.41) is 11.8. The highest BCUT2D eigenvalue weighted by atomic mass is 35.5. The van der Waals surface area contributed by atoms with Gasteiger partial charge in [-0.3, -0.25) is 14.8 Å². The predicted molar refractivity (Wildman–Crippen MR) is 101 cm³/mol. The van der Waals surface area contributed by atoms with Crippen LogP contribution in [0.4, 0.5) is 0 Å². The van der Waals surface area contributed by atoms with E-state index in [0.717, 1.165) is 6.08 Å². The lowest BCUT2D eigenvalue weighted by molar-refractivity contribution is -0.124. The van der Waals surface area contributed by atoms with Crippen molar-refractivity contribution in [2.24, 2.45) is 0 Å². The lowest BCUT2D eigenvalue weighted by atomic mass is 10.1. The van der Waals surface area contributed by atoms with E-state index in [2.05, 4.69) is 5.32 Å². The van der Waals surface area contributed by atoms with E-state index >= 15 is 0 Å². The molecule has 2 aromatic carbocycles. The van der Waals surface area contributed by atoms with Crippen molar-refractivity contribution in [1.29, 1.82) is 0 Å². The second kappa shape index (κ2) is 10.2. The smallest absolute Gasteiger partial charge is 0.267 e. The molecule has 8 heteroatoms. The molecule has 2 rings (SSSR count). The Labute approximate surface area is 161 Å². The van der Waals surface area contributed by atoms with Crippen LogP contribution in [0.15, 0.2) is 48.5 Å². The third-order valence-corrected chi connectivity index (χ3v) is 3.51. The fourth-order valence-corrected chi connectivity index (χ4v) is 2.27. The molecular weight excluding hydrogens is 372 g/mol. The first-order valence-corrected chi connectivity index (χ1v) is 8.42. The molecule has 0 aliphatic rings. The third-order valence-electron chi connectivity index (χ3n) is 3.28. The van der Waals surface area contributed by atoms with Crippen LogP contribution in [0.25, 0.3) is 6.08 Å². The van der Waals surface area contributed by atoms with Crippen LogP contribution in [0.5, 0.6) is 17.2 Å². The summed E-state index contributed by atoms with van der Waals surface area (Å²) >= 11 is 5.98. The van der Waals surface area contributed by atoms with Crippen LogP contribution < -0.4 is 20.3 Å². The van der Waals surface area contributed by atoms with Crippen molar-refractivity contribution in [3.05, 3.63) is 59.1 Å². The van der Waals surface area contributed by atoms with Gasteiger partial charge in [-0.25, -0.2) is 5.48 Å². The molecule has 0 fully saturated rings. The summed E-state index contributed by atoms with van der Waals surface area (Å²) in [5.41, 5.74) is 2.11. The summed E-state index contributed by atoms with van der Waals surface area (Å²) < 4.78 is 11.5. The van der Waals surface area contributed by atoms with Crippen LogP contribution in [0.1, 0.15) is 12.5 Å². The summed E-state index contributed by atoms with van der Waals surface area (Å²) in [6.45, 7) is 2.09. The highest BCUT2D eigenvalue weighted by Gasteiger charge is 2.07. The van der Waals surface area contributed by atoms with Gasteiger partial charge in [0.05, 0.1) is 6.54 Å². The molecule has 142 valence electrons. The summed E-state index contributed by atoms with van der Waals surface area (Å²) in [7, 11) is 0. The SMILES string of the molecule is CC(=O)NCCOc1ccc(/C=C/C(=O)NO)c(Oc2cccc(Cl)c2)c1. The first-order chi connectivity index (χ1) is 13.0. The minimum absolute atomic E-state index is 0.133. The Hall–Kier alpha value is -3.03. The van der Waals surface area contributed by atoms with Crippen molar-refractivity contribution in [3.8, 4) is 17.2 Å². The molecular formula is C19H19ClN2O5. The molecule has 0 saturated heterocycles. The van der Waals surface area contributed by atoms with E-state index in [-0.39, 0.29) is 12.5 Å². The molecule has 0 heterocycles. The minimum Gasteiger partial charge on any atom is -0.492 e. The molecule has 3 N–H and O–H groups in total. The van der Waals surface area contributed by atoms with Crippen LogP contribution in [0.2, 0.25) is 5.02 Å². The van der Waals surface area contributed by atoms with E-state index in [0.29, 0.717) is 34.4 Å². The Morgan fingerprint density at radius 3 is 2.70 bits per heavy atom. The number of rotatable bonds is 8. The van der Waals surface area contributed by atoms with Crippen LogP contribution in [0, 0.1) is 0 Å². The number of hydrogen-bond acceptors (Lipinski definition) is 5. The number of hydroxylamine groups is 1. The average Bonchev–Trinajstić information content (AvgIpc) is 2.64. The zero-order valence-corrected chi connectivity index (χ0v) is 15.3. The third kappa shape index (κ3) is 7.01. The molecule has 0 aliphatic carbocycles. The quantitative estimate of drug-likeness (QED) is 0.278. The molecule has 2 aromatic rings. The molecule has 0 atom stereocenters. The van der Waals surface area contributed by atoms with E-state index < -0.39 is 5.91 Å². The van der Waals surface area contributed by atoms with E-state index in [1.165, 1.54) is 18.5 Å². The van der Waals surface area contributed by atoms with Gasteiger partial charge in [-0.15, -0.1) is 0 Å². The number of benzene rings is 2. The fraction of sp³-hybridized carbons (Fsp3) is 0.158. The second-order valence-corrected chi connectivity index (χ2v) is 5.84. The Bertz CT molecular complexity index is 839. The van der Waals surface area contributed by atoms with Gasteiger partial charge in [0.25, 0.3) is 5.91 Å². The molecule has 0 radical (unpaired) electrons. The number of hydrogen-bond donors (Lipinski definition) is 3. The zero-order valence-electron chi connectivity index (χ0n) is 14.6. The normalized spacial score (nSPS) is 10.5. The summed E-state index contributed by atoms with van der Waals surface area (Å²) in [6.07, 6.45) is 2.66. The highest BCUT2D eigenvalue weighted by Crippen LogP contribution is 2.31. The van der Waals surface area contributed by atoms with Crippen molar-refractivity contribution in [2.45, 2.75) is 6.92 Å². The van der Waals surface area contributed by atoms with E-state index in [4.69, 9.17) is 26.3 Å². The number of ether oxygens (including phenoxy) is 2. The number of nitrogens with one attached hydrogen (secondary N) is 2. The van der Waals surface area contributed by atoms with Crippen molar-refractivity contribution in [2.75, 3.05) is 13.2 Å². The number of halogens is 1. The monoisotopic (exact) mass is 390 g/mol. The van der Waals surface area contributed by atoms with Crippen LogP contribution in [0.3, 0.4) is 0 Å². The van der Waals surface area contributed by atoms with E-state index in [1.54, 1.807) is 42.5 Å². The second-order valence-electron chi connectivity index (χ2n) is 5.40. The molecule has 2 amide bonds. The Kier molecular flexibility index (Phi) is 7.66. The number of carbonyl (C=O) groups is 2. The van der Waals surface area contributed by atoms with Gasteiger partial charge in [0.2, 0.25) is 5.91 Å². The topological polar surface area (TPSA) is 96.9 Å². The molecule has 0 unspecified atom stereocenters. The van der Waals surface area contributed by atoms with Crippen LogP contribution >= 0.6 is 11.6 Å². The molecule has 0 aromatic heterocycles. The zero-order chi connectivity index (χ0) is 19.6. The first kappa shape index (κ1) is 20.3. The van der Waals surface area contributed by atoms with Gasteiger partial charge in [0.15, 0.2) is 0 Å². The fourth-order valence-electron chi connectivity index (χ4n) is 2.09. The molecule has 0 aliphatic heterocycles. The standard InChI is InChI=1S/C19H19ClN2O5/c1-13(23)21-9-10-26-16-7-5-14(6-8-19(24)22-25)18(12-16)27-17-4-2-3-15(20)11-17/h2-8,11-12,25H,9-10H2,1H3,(H,21,23)(H,22,24)/b8-6+. The summed E-state index contributed by atoms with van der Waals surface area (Å²) in [5.74, 6) is 0.669. The van der Waals surface area contributed by atoms with E-state index in [1.807, 2.05) is 0 Å². The largest absolute Gasteiger partial charge is 0.492 e. The van der Waals surface area contributed by atoms with Gasteiger partial charge in [-0.1, -0.05) is 17.7 Å². The van der Waals surface area contributed by atoms with Crippen molar-refractivity contribution in [3.63, 3.8) is 0 Å². The Morgan fingerprint density at radius 1 is 1.19 bits per heavy atom. The molecule has 0 bridgehead atoms. The van der Waals surface area contributed by atoms with Gasteiger partial charge in [-0.2, -0.15) is 0 Å². The molecule has 27 heavy (non-hydrogen) atoms. The number of amides is 2. The van der Waals surface area contributed by atoms with Crippen LogP contribution in [-0.4, -0.2) is 30.2 Å². The number of carbonyl (C=O) groups excluding carboxylic acids is 2. The van der Waals surface area contributed by atoms with Crippen molar-refractivity contribution < 1.29 is 24.3 Å². The minimum atomic E-state index is -0.667. The van der Waals surface area contributed by atoms with Gasteiger partial charge >= 0.3 is 0 Å². The van der Waals surface area contributed by atoms with E-state index in [9.17, 15) is 9.59 Å². The van der Waals surface area contributed by atoms with Gasteiger partial charge in [0.1, 0.15) is 23.9 Å². The molecule has 7 nitrogen and oxygen atoms in total. The Balaban J connectivity index is 2.20. The average molecular weight is 391 g/mol. The van der Waals surface area contributed by atoms with Crippen molar-refractivity contribution >= 4 is 29.5 Å². The first-order valence-electron chi connectivity index (χ1n) is 8.05. The summed E-state index contributed by atoms with van der Waals surface area (Å²) in [4.78, 5) is 22.1. The lowest BCUT2D eigenvalue weighted by Crippen LogP contribution is -2.25. The molecule has 0 spiro atoms. The maximum absolute atomic E-state index is 11.2.